The van der Waals surface area contributed by atoms with Gasteiger partial charge in [0.25, 0.3) is 0 Å². The number of allylic oxidation sites excluding steroid dienone is 1. The summed E-state index contributed by atoms with van der Waals surface area (Å²) in [6.45, 7) is 7.99. The molecule has 0 heterocycles. The minimum atomic E-state index is 0.0328. The van der Waals surface area contributed by atoms with Crippen LogP contribution in [-0.4, -0.2) is 11.7 Å². The molecule has 0 aliphatic rings. The lowest BCUT2D eigenvalue weighted by molar-refractivity contribution is -0.261. The van der Waals surface area contributed by atoms with Gasteiger partial charge in [0.15, 0.2) is 0 Å². The van der Waals surface area contributed by atoms with Crippen LogP contribution in [0.2, 0.25) is 0 Å². The van der Waals surface area contributed by atoms with Crippen LogP contribution >= 0.6 is 0 Å². The average Bonchev–Trinajstić information content (AvgIpc) is 2.74. The van der Waals surface area contributed by atoms with Gasteiger partial charge >= 0.3 is 0 Å². The van der Waals surface area contributed by atoms with E-state index in [2.05, 4.69) is 74.2 Å². The molecule has 0 spiro atoms. The van der Waals surface area contributed by atoms with Crippen molar-refractivity contribution in [2.45, 2.75) is 33.3 Å². The highest BCUT2D eigenvalue weighted by Gasteiger charge is 2.07. The van der Waals surface area contributed by atoms with Gasteiger partial charge in [0, 0.05) is 0 Å². The predicted octanol–water partition coefficient (Wildman–Crippen LogP) is 6.24. The lowest BCUT2D eigenvalue weighted by atomic mass is 9.95. The van der Waals surface area contributed by atoms with Gasteiger partial charge in [-0.1, -0.05) is 78.9 Å². The molecule has 0 radical (unpaired) electrons. The van der Waals surface area contributed by atoms with Crippen molar-refractivity contribution in [3.05, 3.63) is 95.8 Å². The standard InChI is InChI=1S/C26H28O3/c1-19(2)29-28-16-4-5-24-17-25(14-15-26(24)18-27)23-12-10-22(11-13-23)21-8-6-20(3)7-9-21/h6-15,17,27H,1,4-5,16,18H2,2-3H3. The van der Waals surface area contributed by atoms with Gasteiger partial charge in [-0.2, -0.15) is 4.89 Å². The summed E-state index contributed by atoms with van der Waals surface area (Å²) in [7, 11) is 0. The third-order valence-corrected chi connectivity index (χ3v) is 4.85. The van der Waals surface area contributed by atoms with Crippen LogP contribution in [0.5, 0.6) is 0 Å². The molecule has 0 aliphatic heterocycles. The Bertz CT molecular complexity index is 941. The Balaban J connectivity index is 1.72. The van der Waals surface area contributed by atoms with E-state index in [9.17, 15) is 5.11 Å². The van der Waals surface area contributed by atoms with Gasteiger partial charge in [0.2, 0.25) is 0 Å². The van der Waals surface area contributed by atoms with Crippen LogP contribution in [0.4, 0.5) is 0 Å². The Morgan fingerprint density at radius 3 is 1.97 bits per heavy atom. The topological polar surface area (TPSA) is 38.7 Å². The molecule has 3 aromatic carbocycles. The molecule has 3 nitrogen and oxygen atoms in total. The summed E-state index contributed by atoms with van der Waals surface area (Å²) in [5.41, 5.74) is 8.07. The van der Waals surface area contributed by atoms with Crippen molar-refractivity contribution in [2.24, 2.45) is 0 Å². The van der Waals surface area contributed by atoms with Crippen LogP contribution in [0.1, 0.15) is 30.0 Å². The van der Waals surface area contributed by atoms with Crippen LogP contribution in [0, 0.1) is 6.92 Å². The molecule has 29 heavy (non-hydrogen) atoms. The Labute approximate surface area is 173 Å². The first kappa shape index (κ1) is 20.8. The van der Waals surface area contributed by atoms with Crippen molar-refractivity contribution in [1.82, 2.24) is 0 Å². The molecule has 0 saturated heterocycles. The Hall–Kier alpha value is -2.88. The van der Waals surface area contributed by atoms with Gasteiger partial charge in [-0.15, -0.1) is 0 Å². The van der Waals surface area contributed by atoms with Crippen LogP contribution in [0.3, 0.4) is 0 Å². The van der Waals surface area contributed by atoms with E-state index < -0.39 is 0 Å². The maximum absolute atomic E-state index is 9.67. The van der Waals surface area contributed by atoms with Gasteiger partial charge < -0.3 is 9.99 Å². The zero-order valence-electron chi connectivity index (χ0n) is 17.2. The van der Waals surface area contributed by atoms with E-state index in [-0.39, 0.29) is 6.61 Å². The van der Waals surface area contributed by atoms with Crippen molar-refractivity contribution >= 4 is 0 Å². The fourth-order valence-electron chi connectivity index (χ4n) is 3.26. The van der Waals surface area contributed by atoms with Crippen LogP contribution in [0.25, 0.3) is 22.3 Å². The number of benzene rings is 3. The Kier molecular flexibility index (Phi) is 7.23. The van der Waals surface area contributed by atoms with E-state index in [0.29, 0.717) is 12.4 Å². The number of aliphatic hydroxyl groups is 1. The lowest BCUT2D eigenvalue weighted by Crippen LogP contribution is -2.00. The molecule has 0 aliphatic carbocycles. The second-order valence-electron chi connectivity index (χ2n) is 7.30. The molecule has 0 amide bonds. The summed E-state index contributed by atoms with van der Waals surface area (Å²) in [6, 6.07) is 23.4. The van der Waals surface area contributed by atoms with Crippen molar-refractivity contribution in [3.63, 3.8) is 0 Å². The Morgan fingerprint density at radius 2 is 1.38 bits per heavy atom. The summed E-state index contributed by atoms with van der Waals surface area (Å²) in [5, 5.41) is 9.67. The maximum Gasteiger partial charge on any atom is 0.132 e. The molecule has 0 unspecified atom stereocenters. The molecule has 0 atom stereocenters. The number of hydrogen-bond acceptors (Lipinski definition) is 3. The summed E-state index contributed by atoms with van der Waals surface area (Å²) >= 11 is 0. The first-order valence-corrected chi connectivity index (χ1v) is 9.92. The summed E-state index contributed by atoms with van der Waals surface area (Å²) in [5.74, 6) is 0.539. The van der Waals surface area contributed by atoms with E-state index in [1.807, 2.05) is 6.07 Å². The van der Waals surface area contributed by atoms with Gasteiger partial charge in [0.05, 0.1) is 13.2 Å². The predicted molar refractivity (Wildman–Crippen MR) is 118 cm³/mol. The second-order valence-corrected chi connectivity index (χ2v) is 7.30. The summed E-state index contributed by atoms with van der Waals surface area (Å²) in [6.07, 6.45) is 1.61. The normalized spacial score (nSPS) is 10.7. The van der Waals surface area contributed by atoms with Gasteiger partial charge in [-0.25, -0.2) is 0 Å². The highest BCUT2D eigenvalue weighted by atomic mass is 17.2. The third kappa shape index (κ3) is 5.80. The smallest absolute Gasteiger partial charge is 0.132 e. The van der Waals surface area contributed by atoms with Crippen molar-refractivity contribution in [3.8, 4) is 22.3 Å². The van der Waals surface area contributed by atoms with Crippen molar-refractivity contribution in [2.75, 3.05) is 6.61 Å². The van der Waals surface area contributed by atoms with Gasteiger partial charge in [-0.05, 0) is 60.1 Å². The Morgan fingerprint density at radius 1 is 0.828 bits per heavy atom. The van der Waals surface area contributed by atoms with Crippen LogP contribution in [0.15, 0.2) is 79.1 Å². The van der Waals surface area contributed by atoms with E-state index in [1.165, 1.54) is 16.7 Å². The molecule has 0 aromatic heterocycles. The fraction of sp³-hybridized carbons (Fsp3) is 0.231. The molecule has 0 bridgehead atoms. The van der Waals surface area contributed by atoms with Crippen LogP contribution < -0.4 is 0 Å². The fourth-order valence-corrected chi connectivity index (χ4v) is 3.26. The number of hydrogen-bond donors (Lipinski definition) is 1. The molecule has 1 N–H and O–H groups in total. The first-order valence-electron chi connectivity index (χ1n) is 9.92. The molecular weight excluding hydrogens is 360 g/mol. The van der Waals surface area contributed by atoms with Gasteiger partial charge in [0.1, 0.15) is 5.76 Å². The second kappa shape index (κ2) is 10.1. The zero-order chi connectivity index (χ0) is 20.6. The highest BCUT2D eigenvalue weighted by Crippen LogP contribution is 2.27. The lowest BCUT2D eigenvalue weighted by Gasteiger charge is -2.11. The molecular formula is C26H28O3. The van der Waals surface area contributed by atoms with Gasteiger partial charge in [-0.3, -0.25) is 0 Å². The van der Waals surface area contributed by atoms with E-state index in [4.69, 9.17) is 9.78 Å². The van der Waals surface area contributed by atoms with E-state index >= 15 is 0 Å². The maximum atomic E-state index is 9.67. The minimum absolute atomic E-state index is 0.0328. The van der Waals surface area contributed by atoms with Crippen molar-refractivity contribution < 1.29 is 14.9 Å². The first-order chi connectivity index (χ1) is 14.1. The quantitative estimate of drug-likeness (QED) is 0.204. The summed E-state index contributed by atoms with van der Waals surface area (Å²) in [4.78, 5) is 10.0. The largest absolute Gasteiger partial charge is 0.392 e. The summed E-state index contributed by atoms with van der Waals surface area (Å²) < 4.78 is 0. The molecule has 3 aromatic rings. The average molecular weight is 389 g/mol. The molecule has 150 valence electrons. The molecule has 3 heteroatoms. The highest BCUT2D eigenvalue weighted by molar-refractivity contribution is 5.71. The molecule has 3 rings (SSSR count). The molecule has 0 fully saturated rings. The molecule has 0 saturated carbocycles. The van der Waals surface area contributed by atoms with Crippen LogP contribution in [-0.2, 0) is 22.8 Å². The third-order valence-electron chi connectivity index (χ3n) is 4.85. The van der Waals surface area contributed by atoms with E-state index in [0.717, 1.165) is 35.1 Å². The number of rotatable bonds is 9. The SMILES string of the molecule is C=C(C)OOCCCc1cc(-c2ccc(-c3ccc(C)cc3)cc2)ccc1CO. The number of aryl methyl sites for hydroxylation is 2. The minimum Gasteiger partial charge on any atom is -0.392 e. The van der Waals surface area contributed by atoms with Crippen molar-refractivity contribution in [1.29, 1.82) is 0 Å². The zero-order valence-corrected chi connectivity index (χ0v) is 17.2. The number of aliphatic hydroxyl groups excluding tert-OH is 1. The van der Waals surface area contributed by atoms with E-state index in [1.54, 1.807) is 6.92 Å². The monoisotopic (exact) mass is 388 g/mol.